The van der Waals surface area contributed by atoms with E-state index in [0.717, 1.165) is 42.8 Å². The molecule has 0 radical (unpaired) electrons. The molecule has 1 amide bonds. The van der Waals surface area contributed by atoms with Gasteiger partial charge in [-0.05, 0) is 48.7 Å². The third kappa shape index (κ3) is 3.17. The third-order valence-corrected chi connectivity index (χ3v) is 5.30. The highest BCUT2D eigenvalue weighted by Gasteiger charge is 2.22. The van der Waals surface area contributed by atoms with Gasteiger partial charge in [0.2, 0.25) is 5.91 Å². The molecule has 134 valence electrons. The molecule has 0 N–H and O–H groups in total. The first-order chi connectivity index (χ1) is 12.6. The predicted octanol–water partition coefficient (Wildman–Crippen LogP) is 3.34. The van der Waals surface area contributed by atoms with Gasteiger partial charge >= 0.3 is 0 Å². The predicted molar refractivity (Wildman–Crippen MR) is 102 cm³/mol. The summed E-state index contributed by atoms with van der Waals surface area (Å²) in [6.45, 7) is 7.58. The average Bonchev–Trinajstić information content (AvgIpc) is 3.12. The summed E-state index contributed by atoms with van der Waals surface area (Å²) in [5.74, 6) is 0.171. The summed E-state index contributed by atoms with van der Waals surface area (Å²) in [5.41, 5.74) is 6.44. The van der Waals surface area contributed by atoms with E-state index in [-0.39, 0.29) is 5.91 Å². The van der Waals surface area contributed by atoms with E-state index in [0.29, 0.717) is 6.42 Å². The van der Waals surface area contributed by atoms with Gasteiger partial charge in [-0.25, -0.2) is 4.98 Å². The Balaban J connectivity index is 1.39. The molecule has 26 heavy (non-hydrogen) atoms. The van der Waals surface area contributed by atoms with Crippen molar-refractivity contribution in [3.63, 3.8) is 0 Å². The molecule has 2 aromatic carbocycles. The van der Waals surface area contributed by atoms with Gasteiger partial charge < -0.3 is 14.2 Å². The van der Waals surface area contributed by atoms with Crippen LogP contribution in [0.4, 0.5) is 5.69 Å². The molecule has 5 nitrogen and oxygen atoms in total. The number of carbonyl (C=O) groups is 1. The van der Waals surface area contributed by atoms with Gasteiger partial charge in [0.05, 0.1) is 6.42 Å². The SMILES string of the molecule is Cc1cccc(N2CCN(C(=O)Cc3ccc4ncoc4c3)CC2)c1C. The Morgan fingerprint density at radius 3 is 2.73 bits per heavy atom. The van der Waals surface area contributed by atoms with Crippen LogP contribution in [0.3, 0.4) is 0 Å². The zero-order valence-electron chi connectivity index (χ0n) is 15.2. The van der Waals surface area contributed by atoms with Crippen molar-refractivity contribution in [3.8, 4) is 0 Å². The molecule has 0 spiro atoms. The lowest BCUT2D eigenvalue weighted by molar-refractivity contribution is -0.130. The van der Waals surface area contributed by atoms with Gasteiger partial charge in [0, 0.05) is 31.9 Å². The van der Waals surface area contributed by atoms with E-state index in [2.05, 4.69) is 41.9 Å². The topological polar surface area (TPSA) is 49.6 Å². The van der Waals surface area contributed by atoms with Crippen LogP contribution in [0.1, 0.15) is 16.7 Å². The molecule has 1 fully saturated rings. The second-order valence-corrected chi connectivity index (χ2v) is 6.92. The van der Waals surface area contributed by atoms with E-state index >= 15 is 0 Å². The zero-order valence-corrected chi connectivity index (χ0v) is 15.2. The molecule has 3 aromatic rings. The molecule has 1 aliphatic heterocycles. The summed E-state index contributed by atoms with van der Waals surface area (Å²) in [6, 6.07) is 12.2. The van der Waals surface area contributed by atoms with Gasteiger partial charge in [-0.2, -0.15) is 0 Å². The molecule has 0 bridgehead atoms. The first kappa shape index (κ1) is 16.6. The Morgan fingerprint density at radius 2 is 1.92 bits per heavy atom. The van der Waals surface area contributed by atoms with E-state index in [4.69, 9.17) is 4.42 Å². The fraction of sp³-hybridized carbons (Fsp3) is 0.333. The standard InChI is InChI=1S/C21H23N3O2/c1-15-4-3-5-19(16(15)2)23-8-10-24(11-9-23)21(25)13-17-6-7-18-20(12-17)26-14-22-18/h3-7,12,14H,8-11,13H2,1-2H3. The van der Waals surface area contributed by atoms with Gasteiger partial charge in [-0.15, -0.1) is 0 Å². The second kappa shape index (κ2) is 6.83. The maximum absolute atomic E-state index is 12.7. The number of carbonyl (C=O) groups excluding carboxylic acids is 1. The maximum Gasteiger partial charge on any atom is 0.227 e. The van der Waals surface area contributed by atoms with E-state index in [1.54, 1.807) is 0 Å². The van der Waals surface area contributed by atoms with Crippen molar-refractivity contribution in [2.24, 2.45) is 0 Å². The Kier molecular flexibility index (Phi) is 4.37. The number of oxazole rings is 1. The Morgan fingerprint density at radius 1 is 1.12 bits per heavy atom. The molecule has 2 heterocycles. The molecule has 1 aromatic heterocycles. The Hall–Kier alpha value is -2.82. The normalized spacial score (nSPS) is 14.8. The Labute approximate surface area is 153 Å². The molecule has 5 heteroatoms. The van der Waals surface area contributed by atoms with E-state index in [1.165, 1.54) is 23.2 Å². The first-order valence-electron chi connectivity index (χ1n) is 9.03. The van der Waals surface area contributed by atoms with Crippen LogP contribution in [0, 0.1) is 13.8 Å². The van der Waals surface area contributed by atoms with Crippen molar-refractivity contribution in [3.05, 3.63) is 59.5 Å². The first-order valence-corrected chi connectivity index (χ1v) is 9.03. The molecule has 0 atom stereocenters. The number of aromatic nitrogens is 1. The lowest BCUT2D eigenvalue weighted by Gasteiger charge is -2.37. The lowest BCUT2D eigenvalue weighted by atomic mass is 10.1. The summed E-state index contributed by atoms with van der Waals surface area (Å²) >= 11 is 0. The van der Waals surface area contributed by atoms with Crippen molar-refractivity contribution < 1.29 is 9.21 Å². The summed E-state index contributed by atoms with van der Waals surface area (Å²) in [7, 11) is 0. The summed E-state index contributed by atoms with van der Waals surface area (Å²) < 4.78 is 5.33. The molecule has 0 aliphatic carbocycles. The minimum absolute atomic E-state index is 0.171. The van der Waals surface area contributed by atoms with E-state index < -0.39 is 0 Å². The lowest BCUT2D eigenvalue weighted by Crippen LogP contribution is -2.49. The van der Waals surface area contributed by atoms with Gasteiger partial charge in [-0.1, -0.05) is 18.2 Å². The van der Waals surface area contributed by atoms with Crippen molar-refractivity contribution in [1.29, 1.82) is 0 Å². The number of nitrogens with zero attached hydrogens (tertiary/aromatic N) is 3. The average molecular weight is 349 g/mol. The molecule has 1 aliphatic rings. The number of fused-ring (bicyclic) bond motifs is 1. The van der Waals surface area contributed by atoms with Crippen molar-refractivity contribution >= 4 is 22.7 Å². The number of aryl methyl sites for hydroxylation is 1. The molecular weight excluding hydrogens is 326 g/mol. The highest BCUT2D eigenvalue weighted by molar-refractivity contribution is 5.81. The number of hydrogen-bond acceptors (Lipinski definition) is 4. The van der Waals surface area contributed by atoms with Crippen molar-refractivity contribution in [2.75, 3.05) is 31.1 Å². The number of amides is 1. The largest absolute Gasteiger partial charge is 0.443 e. The number of hydrogen-bond donors (Lipinski definition) is 0. The summed E-state index contributed by atoms with van der Waals surface area (Å²) in [5, 5.41) is 0. The number of rotatable bonds is 3. The minimum atomic E-state index is 0.171. The zero-order chi connectivity index (χ0) is 18.1. The fourth-order valence-electron chi connectivity index (χ4n) is 3.57. The van der Waals surface area contributed by atoms with E-state index in [9.17, 15) is 4.79 Å². The summed E-state index contributed by atoms with van der Waals surface area (Å²) in [6.07, 6.45) is 1.84. The molecule has 0 unspecified atom stereocenters. The highest BCUT2D eigenvalue weighted by Crippen LogP contribution is 2.24. The fourth-order valence-corrected chi connectivity index (χ4v) is 3.57. The number of benzene rings is 2. The molecule has 4 rings (SSSR count). The molecule has 0 saturated carbocycles. The van der Waals surface area contributed by atoms with Crippen LogP contribution in [0.25, 0.3) is 11.1 Å². The number of piperazine rings is 1. The van der Waals surface area contributed by atoms with Crippen LogP contribution >= 0.6 is 0 Å². The van der Waals surface area contributed by atoms with E-state index in [1.807, 2.05) is 23.1 Å². The van der Waals surface area contributed by atoms with Crippen molar-refractivity contribution in [2.45, 2.75) is 20.3 Å². The smallest absolute Gasteiger partial charge is 0.227 e. The van der Waals surface area contributed by atoms with Gasteiger partial charge in [0.25, 0.3) is 0 Å². The summed E-state index contributed by atoms with van der Waals surface area (Å²) in [4.78, 5) is 21.1. The van der Waals surface area contributed by atoms with Crippen LogP contribution in [0.5, 0.6) is 0 Å². The maximum atomic E-state index is 12.7. The Bertz CT molecular complexity index is 939. The van der Waals surface area contributed by atoms with Crippen LogP contribution in [0.15, 0.2) is 47.2 Å². The van der Waals surface area contributed by atoms with Crippen LogP contribution in [0.2, 0.25) is 0 Å². The third-order valence-electron chi connectivity index (χ3n) is 5.30. The highest BCUT2D eigenvalue weighted by atomic mass is 16.3. The van der Waals surface area contributed by atoms with Gasteiger partial charge in [0.15, 0.2) is 12.0 Å². The molecular formula is C21H23N3O2. The monoisotopic (exact) mass is 349 g/mol. The van der Waals surface area contributed by atoms with Gasteiger partial charge in [-0.3, -0.25) is 4.79 Å². The molecule has 1 saturated heterocycles. The van der Waals surface area contributed by atoms with Crippen LogP contribution < -0.4 is 4.90 Å². The van der Waals surface area contributed by atoms with Gasteiger partial charge in [0.1, 0.15) is 5.52 Å². The van der Waals surface area contributed by atoms with Crippen LogP contribution in [-0.2, 0) is 11.2 Å². The second-order valence-electron chi connectivity index (χ2n) is 6.92. The van der Waals surface area contributed by atoms with Crippen molar-refractivity contribution in [1.82, 2.24) is 9.88 Å². The quantitative estimate of drug-likeness (QED) is 0.728. The van der Waals surface area contributed by atoms with Crippen LogP contribution in [-0.4, -0.2) is 42.0 Å². The minimum Gasteiger partial charge on any atom is -0.443 e. The number of anilines is 1.